The van der Waals surface area contributed by atoms with Gasteiger partial charge in [-0.2, -0.15) is 15.0 Å². The second-order valence-electron chi connectivity index (χ2n) is 5.56. The molecule has 0 amide bonds. The highest BCUT2D eigenvalue weighted by Gasteiger charge is 2.15. The maximum atomic E-state index is 12.5. The number of halogens is 2. The van der Waals surface area contributed by atoms with Gasteiger partial charge in [-0.05, 0) is 24.3 Å². The molecule has 1 aromatic heterocycles. The van der Waals surface area contributed by atoms with E-state index in [2.05, 4.69) is 15.0 Å². The Morgan fingerprint density at radius 2 is 1.68 bits per heavy atom. The molecule has 144 valence electrons. The van der Waals surface area contributed by atoms with Crippen LogP contribution in [0.2, 0.25) is 10.0 Å². The van der Waals surface area contributed by atoms with Crippen LogP contribution in [0.15, 0.2) is 42.5 Å². The quantitative estimate of drug-likeness (QED) is 0.582. The van der Waals surface area contributed by atoms with Crippen LogP contribution in [-0.4, -0.2) is 20.9 Å². The Balaban J connectivity index is 1.69. The number of carbonyl (C=O) groups excluding carboxylic acids is 1. The largest absolute Gasteiger partial charge is 0.488 e. The van der Waals surface area contributed by atoms with Crippen molar-refractivity contribution < 1.29 is 14.3 Å². The van der Waals surface area contributed by atoms with Crippen molar-refractivity contribution in [3.63, 3.8) is 0 Å². The van der Waals surface area contributed by atoms with Crippen LogP contribution in [0.3, 0.4) is 0 Å². The lowest BCUT2D eigenvalue weighted by Gasteiger charge is -2.12. The fourth-order valence-electron chi connectivity index (χ4n) is 2.28. The first-order chi connectivity index (χ1) is 13.4. The van der Waals surface area contributed by atoms with E-state index in [1.807, 2.05) is 0 Å². The molecule has 0 fully saturated rings. The average molecular weight is 420 g/mol. The molecule has 0 unspecified atom stereocenters. The topological polar surface area (TPSA) is 126 Å². The maximum Gasteiger partial charge on any atom is 0.342 e. The summed E-state index contributed by atoms with van der Waals surface area (Å²) in [5.41, 5.74) is 12.0. The summed E-state index contributed by atoms with van der Waals surface area (Å²) in [5.74, 6) is -0.238. The number of para-hydroxylation sites is 1. The molecule has 0 bridgehead atoms. The smallest absolute Gasteiger partial charge is 0.342 e. The summed E-state index contributed by atoms with van der Waals surface area (Å²) < 4.78 is 11.0. The number of hydrogen-bond acceptors (Lipinski definition) is 8. The third kappa shape index (κ3) is 4.99. The standard InChI is InChI=1S/C18H15Cl2N5O3/c19-11-6-5-10(13(20)7-11)8-27-14-4-2-1-3-12(14)16(26)28-9-15-23-17(21)25-18(22)24-15/h1-7H,8-9H2,(H4,21,22,23,24,25). The monoisotopic (exact) mass is 419 g/mol. The molecule has 8 nitrogen and oxygen atoms in total. The van der Waals surface area contributed by atoms with Gasteiger partial charge in [0.15, 0.2) is 12.4 Å². The molecule has 0 aliphatic carbocycles. The van der Waals surface area contributed by atoms with E-state index in [1.54, 1.807) is 42.5 Å². The van der Waals surface area contributed by atoms with E-state index in [4.69, 9.17) is 44.1 Å². The molecule has 0 aliphatic rings. The summed E-state index contributed by atoms with van der Waals surface area (Å²) in [7, 11) is 0. The molecule has 0 spiro atoms. The van der Waals surface area contributed by atoms with Crippen LogP contribution in [-0.2, 0) is 18.0 Å². The van der Waals surface area contributed by atoms with E-state index in [0.717, 1.165) is 5.56 Å². The molecule has 10 heteroatoms. The lowest BCUT2D eigenvalue weighted by atomic mass is 10.2. The Labute approximate surface area is 170 Å². The van der Waals surface area contributed by atoms with E-state index in [9.17, 15) is 4.79 Å². The first-order valence-electron chi connectivity index (χ1n) is 8.01. The van der Waals surface area contributed by atoms with Crippen LogP contribution < -0.4 is 16.2 Å². The minimum absolute atomic E-state index is 0.0536. The first kappa shape index (κ1) is 19.7. The first-order valence-corrected chi connectivity index (χ1v) is 8.77. The zero-order valence-corrected chi connectivity index (χ0v) is 15.9. The Morgan fingerprint density at radius 1 is 0.964 bits per heavy atom. The number of rotatable bonds is 6. The third-order valence-electron chi connectivity index (χ3n) is 3.55. The van der Waals surface area contributed by atoms with Crippen molar-refractivity contribution >= 4 is 41.1 Å². The molecular weight excluding hydrogens is 405 g/mol. The predicted molar refractivity (Wildman–Crippen MR) is 105 cm³/mol. The molecule has 3 rings (SSSR count). The van der Waals surface area contributed by atoms with Crippen molar-refractivity contribution in [1.29, 1.82) is 0 Å². The summed E-state index contributed by atoms with van der Waals surface area (Å²) in [6.07, 6.45) is 0. The van der Waals surface area contributed by atoms with E-state index in [1.165, 1.54) is 0 Å². The minimum atomic E-state index is -0.615. The molecule has 1 heterocycles. The molecule has 28 heavy (non-hydrogen) atoms. The van der Waals surface area contributed by atoms with E-state index in [0.29, 0.717) is 15.8 Å². The number of benzene rings is 2. The summed E-state index contributed by atoms with van der Waals surface area (Å²) >= 11 is 12.0. The highest BCUT2D eigenvalue weighted by Crippen LogP contribution is 2.25. The van der Waals surface area contributed by atoms with Crippen molar-refractivity contribution in [2.75, 3.05) is 11.5 Å². The van der Waals surface area contributed by atoms with Crippen molar-refractivity contribution in [3.05, 3.63) is 69.5 Å². The number of ether oxygens (including phenoxy) is 2. The Bertz CT molecular complexity index is 996. The maximum absolute atomic E-state index is 12.5. The second-order valence-corrected chi connectivity index (χ2v) is 6.41. The van der Waals surface area contributed by atoms with E-state index in [-0.39, 0.29) is 36.5 Å². The normalized spacial score (nSPS) is 10.5. The van der Waals surface area contributed by atoms with Crippen LogP contribution in [0.5, 0.6) is 5.75 Å². The zero-order chi connectivity index (χ0) is 20.1. The van der Waals surface area contributed by atoms with Gasteiger partial charge in [-0.25, -0.2) is 4.79 Å². The van der Waals surface area contributed by atoms with Gasteiger partial charge in [0.1, 0.15) is 17.9 Å². The number of aromatic nitrogens is 3. The molecule has 0 radical (unpaired) electrons. The van der Waals surface area contributed by atoms with Gasteiger partial charge >= 0.3 is 5.97 Å². The number of nitrogens with two attached hydrogens (primary N) is 2. The van der Waals surface area contributed by atoms with Gasteiger partial charge < -0.3 is 20.9 Å². The minimum Gasteiger partial charge on any atom is -0.488 e. The fourth-order valence-corrected chi connectivity index (χ4v) is 2.75. The predicted octanol–water partition coefficient (Wildman–Crippen LogP) is 3.28. The van der Waals surface area contributed by atoms with Crippen molar-refractivity contribution in [3.8, 4) is 5.75 Å². The average Bonchev–Trinajstić information content (AvgIpc) is 2.65. The van der Waals surface area contributed by atoms with E-state index >= 15 is 0 Å². The Morgan fingerprint density at radius 3 is 2.39 bits per heavy atom. The summed E-state index contributed by atoms with van der Waals surface area (Å²) in [6.45, 7) is -0.0616. The molecule has 4 N–H and O–H groups in total. The number of carbonyl (C=O) groups is 1. The van der Waals surface area contributed by atoms with Gasteiger partial charge in [0.25, 0.3) is 0 Å². The van der Waals surface area contributed by atoms with Crippen molar-refractivity contribution in [2.45, 2.75) is 13.2 Å². The summed E-state index contributed by atoms with van der Waals surface area (Å²) in [6, 6.07) is 11.7. The van der Waals surface area contributed by atoms with Crippen LogP contribution >= 0.6 is 23.2 Å². The Hall–Kier alpha value is -3.10. The molecule has 3 aromatic rings. The highest BCUT2D eigenvalue weighted by atomic mass is 35.5. The van der Waals surface area contributed by atoms with Gasteiger partial charge in [0.2, 0.25) is 11.9 Å². The van der Waals surface area contributed by atoms with Crippen molar-refractivity contribution in [1.82, 2.24) is 15.0 Å². The molecule has 0 saturated heterocycles. The number of esters is 1. The van der Waals surface area contributed by atoms with Gasteiger partial charge in [0.05, 0.1) is 0 Å². The third-order valence-corrected chi connectivity index (χ3v) is 4.14. The molecule has 2 aromatic carbocycles. The number of hydrogen-bond donors (Lipinski definition) is 2. The number of anilines is 2. The molecular formula is C18H15Cl2N5O3. The van der Waals surface area contributed by atoms with E-state index < -0.39 is 5.97 Å². The summed E-state index contributed by atoms with van der Waals surface area (Å²) in [5, 5.41) is 0.995. The molecule has 0 atom stereocenters. The van der Waals surface area contributed by atoms with Crippen LogP contribution in [0.4, 0.5) is 11.9 Å². The fraction of sp³-hybridized carbons (Fsp3) is 0.111. The summed E-state index contributed by atoms with van der Waals surface area (Å²) in [4.78, 5) is 23.8. The van der Waals surface area contributed by atoms with Crippen LogP contribution in [0.1, 0.15) is 21.7 Å². The molecule has 0 saturated carbocycles. The Kier molecular flexibility index (Phi) is 6.13. The van der Waals surface area contributed by atoms with Crippen LogP contribution in [0.25, 0.3) is 0 Å². The highest BCUT2D eigenvalue weighted by molar-refractivity contribution is 6.35. The van der Waals surface area contributed by atoms with Gasteiger partial charge in [0, 0.05) is 15.6 Å². The van der Waals surface area contributed by atoms with Gasteiger partial charge in [-0.3, -0.25) is 0 Å². The zero-order valence-electron chi connectivity index (χ0n) is 14.4. The van der Waals surface area contributed by atoms with Crippen LogP contribution in [0, 0.1) is 0 Å². The second kappa shape index (κ2) is 8.73. The SMILES string of the molecule is Nc1nc(N)nc(COC(=O)c2ccccc2OCc2ccc(Cl)cc2Cl)n1. The van der Waals surface area contributed by atoms with Gasteiger partial charge in [-0.1, -0.05) is 41.4 Å². The number of nitrogen functional groups attached to an aromatic ring is 2. The lowest BCUT2D eigenvalue weighted by Crippen LogP contribution is -2.12. The van der Waals surface area contributed by atoms with Gasteiger partial charge in [-0.15, -0.1) is 0 Å². The lowest BCUT2D eigenvalue weighted by molar-refractivity contribution is 0.0457. The number of nitrogens with zero attached hydrogens (tertiary/aromatic N) is 3. The van der Waals surface area contributed by atoms with Crippen molar-refractivity contribution in [2.24, 2.45) is 0 Å². The molecule has 0 aliphatic heterocycles.